The lowest BCUT2D eigenvalue weighted by molar-refractivity contribution is 0.101. The van der Waals surface area contributed by atoms with Crippen molar-refractivity contribution in [3.63, 3.8) is 0 Å². The number of nitrogens with one attached hydrogen (secondary N) is 1. The Bertz CT molecular complexity index is 837. The van der Waals surface area contributed by atoms with Gasteiger partial charge in [-0.15, -0.1) is 0 Å². The van der Waals surface area contributed by atoms with Gasteiger partial charge in [0.15, 0.2) is 5.78 Å². The van der Waals surface area contributed by atoms with E-state index >= 15 is 0 Å². The predicted octanol–water partition coefficient (Wildman–Crippen LogP) is 3.33. The Morgan fingerprint density at radius 1 is 1.00 bits per heavy atom. The van der Waals surface area contributed by atoms with Gasteiger partial charge in [0.2, 0.25) is 0 Å². The Hall–Kier alpha value is -3.21. The third-order valence-corrected chi connectivity index (χ3v) is 3.43. The van der Waals surface area contributed by atoms with Gasteiger partial charge >= 0.3 is 0 Å². The molecule has 5 nitrogen and oxygen atoms in total. The highest BCUT2D eigenvalue weighted by Crippen LogP contribution is 2.14. The number of anilines is 1. The quantitative estimate of drug-likeness (QED) is 0.752. The zero-order valence-corrected chi connectivity index (χ0v) is 12.6. The topological polar surface area (TPSA) is 64.0 Å². The van der Waals surface area contributed by atoms with E-state index in [0.717, 1.165) is 5.69 Å². The number of hydrogen-bond donors (Lipinski definition) is 1. The molecular formula is C18H15N3O2. The minimum atomic E-state index is -0.213. The van der Waals surface area contributed by atoms with E-state index in [0.29, 0.717) is 16.8 Å². The molecule has 0 saturated heterocycles. The second-order valence-corrected chi connectivity index (χ2v) is 5.09. The second-order valence-electron chi connectivity index (χ2n) is 5.09. The lowest BCUT2D eigenvalue weighted by Crippen LogP contribution is -2.12. The molecule has 0 aliphatic heterocycles. The standard InChI is InChI=1S/C18H15N3O2/c1-13(22)14-6-8-16(9-7-14)20-18(23)15-4-2-5-17(12-15)21-11-3-10-19-21/h2-12H,1H3,(H,20,23). The van der Waals surface area contributed by atoms with E-state index in [1.807, 2.05) is 24.4 Å². The summed E-state index contributed by atoms with van der Waals surface area (Å²) in [5.41, 5.74) is 2.61. The first-order valence-electron chi connectivity index (χ1n) is 7.16. The molecule has 0 aliphatic rings. The minimum absolute atomic E-state index is 0.00481. The van der Waals surface area contributed by atoms with Crippen LogP contribution in [-0.2, 0) is 0 Å². The molecule has 0 atom stereocenters. The number of aromatic nitrogens is 2. The lowest BCUT2D eigenvalue weighted by Gasteiger charge is -2.07. The summed E-state index contributed by atoms with van der Waals surface area (Å²) < 4.78 is 1.69. The van der Waals surface area contributed by atoms with E-state index in [2.05, 4.69) is 10.4 Å². The number of benzene rings is 2. The number of carbonyl (C=O) groups is 2. The Labute approximate surface area is 133 Å². The molecule has 1 amide bonds. The molecule has 0 saturated carbocycles. The van der Waals surface area contributed by atoms with E-state index < -0.39 is 0 Å². The van der Waals surface area contributed by atoms with E-state index in [-0.39, 0.29) is 11.7 Å². The van der Waals surface area contributed by atoms with Crippen LogP contribution in [0.2, 0.25) is 0 Å². The molecule has 5 heteroatoms. The molecule has 0 aliphatic carbocycles. The van der Waals surface area contributed by atoms with Gasteiger partial charge in [0.25, 0.3) is 5.91 Å². The summed E-state index contributed by atoms with van der Waals surface area (Å²) in [5.74, 6) is -0.218. The number of nitrogens with zero attached hydrogens (tertiary/aromatic N) is 2. The van der Waals surface area contributed by atoms with Gasteiger partial charge in [-0.2, -0.15) is 5.10 Å². The van der Waals surface area contributed by atoms with Gasteiger partial charge in [0.1, 0.15) is 0 Å². The molecule has 114 valence electrons. The van der Waals surface area contributed by atoms with Gasteiger partial charge in [0, 0.05) is 29.2 Å². The first kappa shape index (κ1) is 14.7. The maximum absolute atomic E-state index is 12.3. The Kier molecular flexibility index (Phi) is 4.01. The van der Waals surface area contributed by atoms with Gasteiger partial charge < -0.3 is 5.32 Å². The molecule has 0 fully saturated rings. The fraction of sp³-hybridized carbons (Fsp3) is 0.0556. The molecule has 0 bridgehead atoms. The van der Waals surface area contributed by atoms with Crippen LogP contribution in [0.1, 0.15) is 27.6 Å². The highest BCUT2D eigenvalue weighted by atomic mass is 16.1. The van der Waals surface area contributed by atoms with Crippen LogP contribution in [0.4, 0.5) is 5.69 Å². The maximum Gasteiger partial charge on any atom is 0.255 e. The van der Waals surface area contributed by atoms with Crippen LogP contribution in [0.15, 0.2) is 67.0 Å². The smallest absolute Gasteiger partial charge is 0.255 e. The minimum Gasteiger partial charge on any atom is -0.322 e. The van der Waals surface area contributed by atoms with Crippen LogP contribution in [0.5, 0.6) is 0 Å². The monoisotopic (exact) mass is 305 g/mol. The van der Waals surface area contributed by atoms with Crippen LogP contribution in [0.25, 0.3) is 5.69 Å². The largest absolute Gasteiger partial charge is 0.322 e. The van der Waals surface area contributed by atoms with Crippen molar-refractivity contribution in [3.8, 4) is 5.69 Å². The number of amides is 1. The van der Waals surface area contributed by atoms with Gasteiger partial charge in [-0.05, 0) is 55.5 Å². The first-order valence-corrected chi connectivity index (χ1v) is 7.16. The molecule has 2 aromatic carbocycles. The van der Waals surface area contributed by atoms with Crippen LogP contribution >= 0.6 is 0 Å². The predicted molar refractivity (Wildman–Crippen MR) is 88.0 cm³/mol. The Morgan fingerprint density at radius 2 is 1.78 bits per heavy atom. The van der Waals surface area contributed by atoms with Crippen LogP contribution in [0.3, 0.4) is 0 Å². The summed E-state index contributed by atoms with van der Waals surface area (Å²) in [5, 5.41) is 6.97. The SMILES string of the molecule is CC(=O)c1ccc(NC(=O)c2cccc(-n3cccn3)c2)cc1. The molecule has 3 rings (SSSR count). The van der Waals surface area contributed by atoms with Crippen molar-refractivity contribution in [1.29, 1.82) is 0 Å². The van der Waals surface area contributed by atoms with E-state index in [1.165, 1.54) is 6.92 Å². The summed E-state index contributed by atoms with van der Waals surface area (Å²) in [4.78, 5) is 23.6. The molecular weight excluding hydrogens is 290 g/mol. The van der Waals surface area contributed by atoms with E-state index in [4.69, 9.17) is 0 Å². The highest BCUT2D eigenvalue weighted by molar-refractivity contribution is 6.04. The van der Waals surface area contributed by atoms with Crippen molar-refractivity contribution in [2.45, 2.75) is 6.92 Å². The highest BCUT2D eigenvalue weighted by Gasteiger charge is 2.08. The number of Topliss-reactive ketones (excluding diaryl/α,β-unsaturated/α-hetero) is 1. The molecule has 23 heavy (non-hydrogen) atoms. The number of rotatable bonds is 4. The zero-order chi connectivity index (χ0) is 16.2. The molecule has 1 N–H and O–H groups in total. The summed E-state index contributed by atoms with van der Waals surface area (Å²) >= 11 is 0. The van der Waals surface area contributed by atoms with Crippen molar-refractivity contribution < 1.29 is 9.59 Å². The third-order valence-electron chi connectivity index (χ3n) is 3.43. The average Bonchev–Trinajstić information content (AvgIpc) is 3.10. The fourth-order valence-electron chi connectivity index (χ4n) is 2.20. The van der Waals surface area contributed by atoms with Gasteiger partial charge in [-0.1, -0.05) is 6.07 Å². The van der Waals surface area contributed by atoms with Gasteiger partial charge in [0.05, 0.1) is 5.69 Å². The van der Waals surface area contributed by atoms with Gasteiger partial charge in [-0.25, -0.2) is 4.68 Å². The average molecular weight is 305 g/mol. The molecule has 0 radical (unpaired) electrons. The van der Waals surface area contributed by atoms with E-state index in [9.17, 15) is 9.59 Å². The fourth-order valence-corrected chi connectivity index (χ4v) is 2.20. The van der Waals surface area contributed by atoms with Crippen LogP contribution in [-0.4, -0.2) is 21.5 Å². The molecule has 0 unspecified atom stereocenters. The molecule has 1 heterocycles. The molecule has 0 spiro atoms. The van der Waals surface area contributed by atoms with Gasteiger partial charge in [-0.3, -0.25) is 9.59 Å². The normalized spacial score (nSPS) is 10.3. The zero-order valence-electron chi connectivity index (χ0n) is 12.6. The summed E-state index contributed by atoms with van der Waals surface area (Å²) in [6.07, 6.45) is 3.50. The number of carbonyl (C=O) groups excluding carboxylic acids is 2. The molecule has 1 aromatic heterocycles. The van der Waals surface area contributed by atoms with E-state index in [1.54, 1.807) is 47.3 Å². The second kappa shape index (κ2) is 6.27. The van der Waals surface area contributed by atoms with Crippen LogP contribution in [0, 0.1) is 0 Å². The Balaban J connectivity index is 1.78. The summed E-state index contributed by atoms with van der Waals surface area (Å²) in [6, 6.07) is 15.8. The van der Waals surface area contributed by atoms with Crippen molar-refractivity contribution in [3.05, 3.63) is 78.1 Å². The molecule has 3 aromatic rings. The summed E-state index contributed by atoms with van der Waals surface area (Å²) in [7, 11) is 0. The van der Waals surface area contributed by atoms with Crippen LogP contribution < -0.4 is 5.32 Å². The van der Waals surface area contributed by atoms with Crippen molar-refractivity contribution in [1.82, 2.24) is 9.78 Å². The lowest BCUT2D eigenvalue weighted by atomic mass is 10.1. The van der Waals surface area contributed by atoms with Crippen molar-refractivity contribution in [2.24, 2.45) is 0 Å². The summed E-state index contributed by atoms with van der Waals surface area (Å²) in [6.45, 7) is 1.51. The third kappa shape index (κ3) is 3.35. The number of hydrogen-bond acceptors (Lipinski definition) is 3. The maximum atomic E-state index is 12.3. The number of ketones is 1. The first-order chi connectivity index (χ1) is 11.1. The Morgan fingerprint density at radius 3 is 2.43 bits per heavy atom. The van der Waals surface area contributed by atoms with Crippen molar-refractivity contribution in [2.75, 3.05) is 5.32 Å². The van der Waals surface area contributed by atoms with Crippen molar-refractivity contribution >= 4 is 17.4 Å².